The molecule has 0 bridgehead atoms. The van der Waals surface area contributed by atoms with Crippen LogP contribution < -0.4 is 4.90 Å². The van der Waals surface area contributed by atoms with Crippen LogP contribution in [0.4, 0.5) is 5.69 Å². The van der Waals surface area contributed by atoms with E-state index in [-0.39, 0.29) is 10.1 Å². The van der Waals surface area contributed by atoms with Gasteiger partial charge in [-0.1, -0.05) is 48.5 Å². The molecule has 0 atom stereocenters. The summed E-state index contributed by atoms with van der Waals surface area (Å²) in [5, 5.41) is 2.12. The molecule has 0 aliphatic carbocycles. The zero-order valence-electron chi connectivity index (χ0n) is 15.9. The first-order valence-corrected chi connectivity index (χ1v) is 9.87. The standard InChI is InChI=1S/C23H16N2O4S/c1-29-20(26)14-19-22(28)25(18-9-3-2-4-10-18)23(30-19)24-21(27)17-12-11-15-7-5-6-8-16(15)13-17/h2-14H,1H3/b19-14+,24-23?. The van der Waals surface area contributed by atoms with Gasteiger partial charge in [-0.3, -0.25) is 14.5 Å². The van der Waals surface area contributed by atoms with Gasteiger partial charge in [0.05, 0.1) is 17.7 Å². The van der Waals surface area contributed by atoms with Crippen molar-refractivity contribution in [1.82, 2.24) is 0 Å². The number of rotatable bonds is 3. The first-order chi connectivity index (χ1) is 14.6. The Balaban J connectivity index is 1.73. The van der Waals surface area contributed by atoms with E-state index < -0.39 is 17.8 Å². The predicted molar refractivity (Wildman–Crippen MR) is 117 cm³/mol. The fourth-order valence-corrected chi connectivity index (χ4v) is 3.93. The van der Waals surface area contributed by atoms with Crippen LogP contribution in [-0.2, 0) is 14.3 Å². The number of anilines is 1. The molecule has 30 heavy (non-hydrogen) atoms. The van der Waals surface area contributed by atoms with Crippen LogP contribution in [0, 0.1) is 0 Å². The molecule has 6 nitrogen and oxygen atoms in total. The summed E-state index contributed by atoms with van der Waals surface area (Å²) in [7, 11) is 1.23. The number of carbonyl (C=O) groups excluding carboxylic acids is 3. The third-order valence-electron chi connectivity index (χ3n) is 4.46. The smallest absolute Gasteiger partial charge is 0.331 e. The van der Waals surface area contributed by atoms with Gasteiger partial charge in [0.15, 0.2) is 5.17 Å². The highest BCUT2D eigenvalue weighted by Gasteiger charge is 2.36. The number of carbonyl (C=O) groups is 3. The van der Waals surface area contributed by atoms with Gasteiger partial charge in [0.2, 0.25) is 0 Å². The van der Waals surface area contributed by atoms with E-state index in [2.05, 4.69) is 9.73 Å². The lowest BCUT2D eigenvalue weighted by molar-refractivity contribution is -0.135. The molecule has 3 aromatic carbocycles. The molecule has 0 unspecified atom stereocenters. The Kier molecular flexibility index (Phi) is 5.45. The minimum atomic E-state index is -0.652. The van der Waals surface area contributed by atoms with Crippen molar-refractivity contribution in [2.24, 2.45) is 4.99 Å². The molecule has 1 saturated heterocycles. The fraction of sp³-hybridized carbons (Fsp3) is 0.0435. The van der Waals surface area contributed by atoms with Gasteiger partial charge in [-0.2, -0.15) is 4.99 Å². The van der Waals surface area contributed by atoms with Crippen molar-refractivity contribution in [3.8, 4) is 0 Å². The molecule has 1 fully saturated rings. The Bertz CT molecular complexity index is 1220. The van der Waals surface area contributed by atoms with Gasteiger partial charge in [0.25, 0.3) is 11.8 Å². The Morgan fingerprint density at radius 2 is 1.67 bits per heavy atom. The van der Waals surface area contributed by atoms with E-state index in [1.54, 1.807) is 36.4 Å². The summed E-state index contributed by atoms with van der Waals surface area (Å²) < 4.78 is 4.62. The number of hydrogen-bond acceptors (Lipinski definition) is 5. The second-order valence-electron chi connectivity index (χ2n) is 6.37. The SMILES string of the molecule is COC(=O)/C=C1/SC(=NC(=O)c2ccc3ccccc3c2)N(c2ccccc2)C1=O. The average molecular weight is 416 g/mol. The highest BCUT2D eigenvalue weighted by Crippen LogP contribution is 2.35. The van der Waals surface area contributed by atoms with Gasteiger partial charge in [-0.05, 0) is 46.8 Å². The van der Waals surface area contributed by atoms with Gasteiger partial charge in [-0.25, -0.2) is 4.79 Å². The largest absolute Gasteiger partial charge is 0.466 e. The van der Waals surface area contributed by atoms with E-state index in [0.717, 1.165) is 28.6 Å². The molecule has 0 saturated carbocycles. The van der Waals surface area contributed by atoms with Gasteiger partial charge in [0, 0.05) is 11.6 Å². The molecule has 3 aromatic rings. The predicted octanol–water partition coefficient (Wildman–Crippen LogP) is 4.17. The summed E-state index contributed by atoms with van der Waals surface area (Å²) >= 11 is 0.958. The van der Waals surface area contributed by atoms with Crippen molar-refractivity contribution in [3.63, 3.8) is 0 Å². The summed E-state index contributed by atoms with van der Waals surface area (Å²) in [6.07, 6.45) is 1.10. The van der Waals surface area contributed by atoms with Crippen LogP contribution in [0.1, 0.15) is 10.4 Å². The van der Waals surface area contributed by atoms with Gasteiger partial charge in [0.1, 0.15) is 0 Å². The highest BCUT2D eigenvalue weighted by molar-refractivity contribution is 8.19. The molecule has 148 valence electrons. The van der Waals surface area contributed by atoms with Crippen molar-refractivity contribution in [2.45, 2.75) is 0 Å². The maximum absolute atomic E-state index is 12.9. The third kappa shape index (κ3) is 3.88. The van der Waals surface area contributed by atoms with Crippen molar-refractivity contribution in [1.29, 1.82) is 0 Å². The first kappa shape index (κ1) is 19.6. The number of ether oxygens (including phenoxy) is 1. The molecule has 4 rings (SSSR count). The topological polar surface area (TPSA) is 76.0 Å². The zero-order chi connectivity index (χ0) is 21.1. The van der Waals surface area contributed by atoms with Gasteiger partial charge in [-0.15, -0.1) is 0 Å². The quantitative estimate of drug-likeness (QED) is 0.473. The molecule has 0 N–H and O–H groups in total. The lowest BCUT2D eigenvalue weighted by Crippen LogP contribution is -2.29. The van der Waals surface area contributed by atoms with Crippen LogP contribution in [0.25, 0.3) is 10.8 Å². The number of benzene rings is 3. The van der Waals surface area contributed by atoms with Gasteiger partial charge < -0.3 is 4.74 Å². The maximum Gasteiger partial charge on any atom is 0.331 e. The lowest BCUT2D eigenvalue weighted by Gasteiger charge is -2.15. The molecule has 1 aliphatic rings. The van der Waals surface area contributed by atoms with Crippen LogP contribution in [-0.4, -0.2) is 30.1 Å². The summed E-state index contributed by atoms with van der Waals surface area (Å²) in [6.45, 7) is 0. The van der Waals surface area contributed by atoms with E-state index >= 15 is 0 Å². The van der Waals surface area contributed by atoms with E-state index in [4.69, 9.17) is 0 Å². The molecule has 1 aliphatic heterocycles. The van der Waals surface area contributed by atoms with Crippen LogP contribution in [0.15, 0.2) is 88.8 Å². The Hall–Kier alpha value is -3.71. The van der Waals surface area contributed by atoms with Crippen molar-refractivity contribution < 1.29 is 19.1 Å². The summed E-state index contributed by atoms with van der Waals surface area (Å²) in [5.41, 5.74) is 0.959. The maximum atomic E-state index is 12.9. The second-order valence-corrected chi connectivity index (χ2v) is 7.38. The first-order valence-electron chi connectivity index (χ1n) is 9.05. The number of thioether (sulfide) groups is 1. The van der Waals surface area contributed by atoms with Crippen LogP contribution in [0.5, 0.6) is 0 Å². The summed E-state index contributed by atoms with van der Waals surface area (Å²) in [6, 6.07) is 21.9. The molecular weight excluding hydrogens is 400 g/mol. The zero-order valence-corrected chi connectivity index (χ0v) is 16.8. The molecule has 0 radical (unpaired) electrons. The van der Waals surface area contributed by atoms with Gasteiger partial charge >= 0.3 is 5.97 Å². The minimum Gasteiger partial charge on any atom is -0.466 e. The van der Waals surface area contributed by atoms with E-state index in [1.165, 1.54) is 12.0 Å². The molecule has 1 heterocycles. The van der Waals surface area contributed by atoms with E-state index in [9.17, 15) is 14.4 Å². The monoisotopic (exact) mass is 416 g/mol. The molecule has 2 amide bonds. The number of nitrogens with zero attached hydrogens (tertiary/aromatic N) is 2. The lowest BCUT2D eigenvalue weighted by atomic mass is 10.1. The number of hydrogen-bond donors (Lipinski definition) is 0. The summed E-state index contributed by atoms with van der Waals surface area (Å²) in [5.74, 6) is -1.57. The van der Waals surface area contributed by atoms with Crippen molar-refractivity contribution in [2.75, 3.05) is 12.0 Å². The molecular formula is C23H16N2O4S. The number of para-hydroxylation sites is 1. The number of amides is 2. The number of aliphatic imine (C=N–C) groups is 1. The molecule has 0 aromatic heterocycles. The van der Waals surface area contributed by atoms with Crippen LogP contribution >= 0.6 is 11.8 Å². The normalized spacial score (nSPS) is 16.4. The Labute approximate surface area is 176 Å². The summed E-state index contributed by atoms with van der Waals surface area (Å²) in [4.78, 5) is 43.1. The number of methoxy groups -OCH3 is 1. The minimum absolute atomic E-state index is 0.135. The fourth-order valence-electron chi connectivity index (χ4n) is 2.99. The Morgan fingerprint density at radius 1 is 0.967 bits per heavy atom. The molecule has 0 spiro atoms. The number of fused-ring (bicyclic) bond motifs is 1. The van der Waals surface area contributed by atoms with Crippen LogP contribution in [0.2, 0.25) is 0 Å². The van der Waals surface area contributed by atoms with Crippen molar-refractivity contribution >= 4 is 51.2 Å². The highest BCUT2D eigenvalue weighted by atomic mass is 32.2. The second kappa shape index (κ2) is 8.34. The number of amidine groups is 1. The van der Waals surface area contributed by atoms with E-state index in [1.807, 2.05) is 36.4 Å². The molecule has 7 heteroatoms. The Morgan fingerprint density at radius 3 is 2.40 bits per heavy atom. The third-order valence-corrected chi connectivity index (χ3v) is 5.43. The van der Waals surface area contributed by atoms with Crippen LogP contribution in [0.3, 0.4) is 0 Å². The number of esters is 1. The van der Waals surface area contributed by atoms with Crippen molar-refractivity contribution in [3.05, 3.63) is 89.3 Å². The van der Waals surface area contributed by atoms with E-state index in [0.29, 0.717) is 11.3 Å². The average Bonchev–Trinajstić information content (AvgIpc) is 3.08.